The van der Waals surface area contributed by atoms with Gasteiger partial charge in [0.05, 0.1) is 16.8 Å². The van der Waals surface area contributed by atoms with Crippen molar-refractivity contribution in [3.63, 3.8) is 0 Å². The zero-order valence-electron chi connectivity index (χ0n) is 19.8. The number of amides is 2. The number of nitrogens with zero attached hydrogens (tertiary/aromatic N) is 2. The van der Waals surface area contributed by atoms with Gasteiger partial charge in [-0.3, -0.25) is 9.59 Å². The summed E-state index contributed by atoms with van der Waals surface area (Å²) in [7, 11) is 0. The molecule has 4 aromatic rings. The Kier molecular flexibility index (Phi) is 5.72. The SMILES string of the molecule is O=C(NC1CC1)c1ccc(CN(C(=O)c2cc(-c3ccc(F)cc3)nc3ccccc23)C2CC2)cc1. The van der Waals surface area contributed by atoms with Gasteiger partial charge in [-0.05, 0) is 79.8 Å². The average Bonchev–Trinajstić information content (AvgIpc) is 3.83. The molecule has 2 fully saturated rings. The van der Waals surface area contributed by atoms with Crippen molar-refractivity contribution >= 4 is 22.7 Å². The molecule has 3 aromatic carbocycles. The second-order valence-corrected chi connectivity index (χ2v) is 9.69. The van der Waals surface area contributed by atoms with Crippen LogP contribution < -0.4 is 5.32 Å². The third-order valence-corrected chi connectivity index (χ3v) is 6.82. The van der Waals surface area contributed by atoms with Crippen LogP contribution in [0.2, 0.25) is 0 Å². The predicted molar refractivity (Wildman–Crippen MR) is 137 cm³/mol. The topological polar surface area (TPSA) is 62.3 Å². The first-order valence-corrected chi connectivity index (χ1v) is 12.4. The quantitative estimate of drug-likeness (QED) is 0.368. The Bertz CT molecular complexity index is 1440. The Morgan fingerprint density at radius 3 is 2.33 bits per heavy atom. The molecule has 1 N–H and O–H groups in total. The summed E-state index contributed by atoms with van der Waals surface area (Å²) in [6.45, 7) is 0.469. The minimum atomic E-state index is -0.313. The van der Waals surface area contributed by atoms with Crippen molar-refractivity contribution in [2.75, 3.05) is 0 Å². The Morgan fingerprint density at radius 2 is 1.64 bits per heavy atom. The molecule has 0 unspecified atom stereocenters. The number of para-hydroxylation sites is 1. The number of hydrogen-bond acceptors (Lipinski definition) is 3. The third kappa shape index (κ3) is 4.71. The van der Waals surface area contributed by atoms with E-state index in [1.807, 2.05) is 59.5 Å². The number of hydrogen-bond donors (Lipinski definition) is 1. The minimum Gasteiger partial charge on any atom is -0.349 e. The minimum absolute atomic E-state index is 0.0456. The summed E-state index contributed by atoms with van der Waals surface area (Å²) in [6, 6.07) is 23.6. The molecule has 2 saturated carbocycles. The maximum atomic E-state index is 14.0. The summed E-state index contributed by atoms with van der Waals surface area (Å²) in [5.41, 5.74) is 4.33. The second-order valence-electron chi connectivity index (χ2n) is 9.69. The molecule has 2 aliphatic rings. The van der Waals surface area contributed by atoms with Crippen molar-refractivity contribution in [1.82, 2.24) is 15.2 Å². The van der Waals surface area contributed by atoms with Crippen LogP contribution in [0.5, 0.6) is 0 Å². The van der Waals surface area contributed by atoms with E-state index in [1.165, 1.54) is 12.1 Å². The zero-order valence-corrected chi connectivity index (χ0v) is 19.8. The van der Waals surface area contributed by atoms with Crippen LogP contribution in [-0.4, -0.2) is 33.8 Å². The second kappa shape index (κ2) is 9.19. The van der Waals surface area contributed by atoms with Gasteiger partial charge in [0.25, 0.3) is 11.8 Å². The van der Waals surface area contributed by atoms with Crippen LogP contribution >= 0.6 is 0 Å². The van der Waals surface area contributed by atoms with Gasteiger partial charge < -0.3 is 10.2 Å². The maximum Gasteiger partial charge on any atom is 0.255 e. The van der Waals surface area contributed by atoms with E-state index in [1.54, 1.807) is 12.1 Å². The van der Waals surface area contributed by atoms with E-state index in [0.29, 0.717) is 29.4 Å². The van der Waals surface area contributed by atoms with Crippen LogP contribution in [0.25, 0.3) is 22.2 Å². The first kappa shape index (κ1) is 22.4. The molecule has 5 nitrogen and oxygen atoms in total. The van der Waals surface area contributed by atoms with Crippen molar-refractivity contribution in [3.8, 4) is 11.3 Å². The van der Waals surface area contributed by atoms with Crippen LogP contribution in [-0.2, 0) is 6.54 Å². The fraction of sp³-hybridized carbons (Fsp3) is 0.233. The molecule has 0 saturated heterocycles. The van der Waals surface area contributed by atoms with E-state index in [-0.39, 0.29) is 23.7 Å². The highest BCUT2D eigenvalue weighted by Gasteiger charge is 2.34. The standard InChI is InChI=1S/C30H26FN3O2/c31-22-11-9-20(10-12-22)28-17-26(25-3-1-2-4-27(25)33-28)30(36)34(24-15-16-24)18-19-5-7-21(8-6-19)29(35)32-23-13-14-23/h1-12,17,23-24H,13-16,18H2,(H,32,35). The Labute approximate surface area is 209 Å². The molecule has 0 atom stereocenters. The lowest BCUT2D eigenvalue weighted by Gasteiger charge is -2.24. The Morgan fingerprint density at radius 1 is 0.917 bits per heavy atom. The first-order chi connectivity index (χ1) is 17.5. The van der Waals surface area contributed by atoms with E-state index in [9.17, 15) is 14.0 Å². The summed E-state index contributed by atoms with van der Waals surface area (Å²) in [6.07, 6.45) is 4.05. The van der Waals surface area contributed by atoms with Gasteiger partial charge in [0.2, 0.25) is 0 Å². The smallest absolute Gasteiger partial charge is 0.255 e. The molecular formula is C30H26FN3O2. The molecule has 0 radical (unpaired) electrons. The van der Waals surface area contributed by atoms with Gasteiger partial charge in [0, 0.05) is 35.1 Å². The fourth-order valence-electron chi connectivity index (χ4n) is 4.48. The summed E-state index contributed by atoms with van der Waals surface area (Å²) < 4.78 is 13.5. The van der Waals surface area contributed by atoms with Crippen LogP contribution in [0.15, 0.2) is 78.9 Å². The molecule has 2 amide bonds. The molecule has 0 bridgehead atoms. The summed E-state index contributed by atoms with van der Waals surface area (Å²) >= 11 is 0. The van der Waals surface area contributed by atoms with Gasteiger partial charge in [-0.25, -0.2) is 9.37 Å². The number of nitrogens with one attached hydrogen (secondary N) is 1. The van der Waals surface area contributed by atoms with Crippen molar-refractivity contribution in [2.24, 2.45) is 0 Å². The van der Waals surface area contributed by atoms with Crippen LogP contribution in [0.1, 0.15) is 52.0 Å². The largest absolute Gasteiger partial charge is 0.349 e. The van der Waals surface area contributed by atoms with Gasteiger partial charge in [-0.2, -0.15) is 0 Å². The number of carbonyl (C=O) groups excluding carboxylic acids is 2. The maximum absolute atomic E-state index is 14.0. The molecule has 0 spiro atoms. The molecule has 180 valence electrons. The molecule has 6 heteroatoms. The number of fused-ring (bicyclic) bond motifs is 1. The first-order valence-electron chi connectivity index (χ1n) is 12.4. The van der Waals surface area contributed by atoms with Crippen molar-refractivity contribution in [1.29, 1.82) is 0 Å². The van der Waals surface area contributed by atoms with Crippen LogP contribution in [0.4, 0.5) is 4.39 Å². The molecule has 1 aromatic heterocycles. The molecule has 36 heavy (non-hydrogen) atoms. The lowest BCUT2D eigenvalue weighted by molar-refractivity contribution is 0.0731. The number of aromatic nitrogens is 1. The highest BCUT2D eigenvalue weighted by molar-refractivity contribution is 6.07. The Balaban J connectivity index is 1.31. The number of pyridine rings is 1. The van der Waals surface area contributed by atoms with Gasteiger partial charge >= 0.3 is 0 Å². The number of benzene rings is 3. The molecule has 0 aliphatic heterocycles. The Hall–Kier alpha value is -4.06. The molecule has 6 rings (SSSR count). The lowest BCUT2D eigenvalue weighted by atomic mass is 10.0. The van der Waals surface area contributed by atoms with E-state index in [4.69, 9.17) is 4.98 Å². The summed E-state index contributed by atoms with van der Waals surface area (Å²) in [5, 5.41) is 3.80. The highest BCUT2D eigenvalue weighted by Crippen LogP contribution is 2.33. The predicted octanol–water partition coefficient (Wildman–Crippen LogP) is 5.74. The van der Waals surface area contributed by atoms with Crippen molar-refractivity contribution in [3.05, 3.63) is 101 Å². The average molecular weight is 480 g/mol. The fourth-order valence-corrected chi connectivity index (χ4v) is 4.48. The van der Waals surface area contributed by atoms with E-state index in [0.717, 1.165) is 47.7 Å². The molecule has 1 heterocycles. The van der Waals surface area contributed by atoms with E-state index >= 15 is 0 Å². The van der Waals surface area contributed by atoms with Gasteiger partial charge in [-0.15, -0.1) is 0 Å². The van der Waals surface area contributed by atoms with Gasteiger partial charge in [-0.1, -0.05) is 30.3 Å². The third-order valence-electron chi connectivity index (χ3n) is 6.82. The summed E-state index contributed by atoms with van der Waals surface area (Å²) in [5.74, 6) is -0.405. The van der Waals surface area contributed by atoms with E-state index < -0.39 is 0 Å². The van der Waals surface area contributed by atoms with Crippen LogP contribution in [0.3, 0.4) is 0 Å². The monoisotopic (exact) mass is 479 g/mol. The number of halogens is 1. The summed E-state index contributed by atoms with van der Waals surface area (Å²) in [4.78, 5) is 33.0. The number of carbonyl (C=O) groups is 2. The molecule has 2 aliphatic carbocycles. The van der Waals surface area contributed by atoms with Crippen LogP contribution in [0, 0.1) is 5.82 Å². The van der Waals surface area contributed by atoms with Crippen molar-refractivity contribution < 1.29 is 14.0 Å². The normalized spacial score (nSPS) is 15.0. The van der Waals surface area contributed by atoms with E-state index in [2.05, 4.69) is 5.32 Å². The van der Waals surface area contributed by atoms with Crippen molar-refractivity contribution in [2.45, 2.75) is 44.3 Å². The molecular weight excluding hydrogens is 453 g/mol. The highest BCUT2D eigenvalue weighted by atomic mass is 19.1. The van der Waals surface area contributed by atoms with Gasteiger partial charge in [0.15, 0.2) is 0 Å². The lowest BCUT2D eigenvalue weighted by Crippen LogP contribution is -2.33. The van der Waals surface area contributed by atoms with Gasteiger partial charge in [0.1, 0.15) is 5.82 Å². The zero-order chi connectivity index (χ0) is 24.6. The number of rotatable bonds is 7.